The molecule has 4 heteroatoms. The third-order valence-electron chi connectivity index (χ3n) is 2.28. The van der Waals surface area contributed by atoms with Gasteiger partial charge in [0.1, 0.15) is 5.75 Å². The number of anilines is 1. The monoisotopic (exact) mass is 257 g/mol. The fourth-order valence-corrected chi connectivity index (χ4v) is 2.17. The maximum Gasteiger partial charge on any atom is 0.116 e. The molecule has 0 bridgehead atoms. The Hall–Kier alpha value is -0.740. The average molecular weight is 258 g/mol. The highest BCUT2D eigenvalue weighted by Gasteiger charge is 2.13. The fraction of sp³-hybridized carbons (Fsp3) is 0.400. The molecule has 2 rings (SSSR count). The molecule has 3 nitrogen and oxygen atoms in total. The summed E-state index contributed by atoms with van der Waals surface area (Å²) in [6.07, 6.45) is 0. The van der Waals surface area contributed by atoms with Crippen LogP contribution in [0.1, 0.15) is 0 Å². The van der Waals surface area contributed by atoms with Crippen LogP contribution < -0.4 is 4.90 Å². The van der Waals surface area contributed by atoms with Crippen molar-refractivity contribution in [2.75, 3.05) is 31.2 Å². The van der Waals surface area contributed by atoms with Crippen LogP contribution in [0.25, 0.3) is 0 Å². The van der Waals surface area contributed by atoms with Crippen LogP contribution in [0.5, 0.6) is 5.75 Å². The summed E-state index contributed by atoms with van der Waals surface area (Å²) in [5, 5.41) is 9.26. The second-order valence-corrected chi connectivity index (χ2v) is 4.09. The van der Waals surface area contributed by atoms with Crippen molar-refractivity contribution in [3.63, 3.8) is 0 Å². The summed E-state index contributed by atoms with van der Waals surface area (Å²) < 4.78 is 6.21. The highest BCUT2D eigenvalue weighted by atomic mass is 79.9. The van der Waals surface area contributed by atoms with Gasteiger partial charge >= 0.3 is 0 Å². The first-order valence-corrected chi connectivity index (χ1v) is 5.38. The van der Waals surface area contributed by atoms with Crippen LogP contribution in [0.4, 0.5) is 5.69 Å². The molecule has 0 unspecified atom stereocenters. The Morgan fingerprint density at radius 1 is 1.29 bits per heavy atom. The van der Waals surface area contributed by atoms with Gasteiger partial charge in [-0.15, -0.1) is 0 Å². The van der Waals surface area contributed by atoms with E-state index < -0.39 is 0 Å². The number of phenols is 1. The number of rotatable bonds is 1. The number of halogens is 1. The topological polar surface area (TPSA) is 32.7 Å². The van der Waals surface area contributed by atoms with Gasteiger partial charge in [0.25, 0.3) is 0 Å². The summed E-state index contributed by atoms with van der Waals surface area (Å²) in [7, 11) is 0. The van der Waals surface area contributed by atoms with Gasteiger partial charge in [0.15, 0.2) is 0 Å². The third kappa shape index (κ3) is 2.01. The van der Waals surface area contributed by atoms with Crippen molar-refractivity contribution in [2.45, 2.75) is 0 Å². The lowest BCUT2D eigenvalue weighted by Gasteiger charge is -2.29. The highest BCUT2D eigenvalue weighted by Crippen LogP contribution is 2.29. The van der Waals surface area contributed by atoms with Crippen LogP contribution in [0.15, 0.2) is 22.7 Å². The molecule has 0 radical (unpaired) electrons. The van der Waals surface area contributed by atoms with Crippen molar-refractivity contribution in [1.82, 2.24) is 0 Å². The molecule has 1 fully saturated rings. The largest absolute Gasteiger partial charge is 0.508 e. The van der Waals surface area contributed by atoms with E-state index in [1.54, 1.807) is 12.1 Å². The minimum Gasteiger partial charge on any atom is -0.508 e. The molecule has 0 spiro atoms. The maximum absolute atomic E-state index is 9.26. The Morgan fingerprint density at radius 3 is 2.64 bits per heavy atom. The Labute approximate surface area is 91.4 Å². The van der Waals surface area contributed by atoms with Gasteiger partial charge in [-0.2, -0.15) is 0 Å². The van der Waals surface area contributed by atoms with E-state index in [0.717, 1.165) is 36.5 Å². The number of morpholine rings is 1. The van der Waals surface area contributed by atoms with Crippen molar-refractivity contribution in [2.24, 2.45) is 0 Å². The minimum atomic E-state index is 0.286. The van der Waals surface area contributed by atoms with Gasteiger partial charge < -0.3 is 14.7 Å². The molecule has 76 valence electrons. The maximum atomic E-state index is 9.26. The van der Waals surface area contributed by atoms with Crippen molar-refractivity contribution < 1.29 is 9.84 Å². The van der Waals surface area contributed by atoms with Crippen LogP contribution in [0.2, 0.25) is 0 Å². The molecule has 0 aliphatic carbocycles. The summed E-state index contributed by atoms with van der Waals surface area (Å²) in [4.78, 5) is 2.24. The van der Waals surface area contributed by atoms with E-state index in [4.69, 9.17) is 4.74 Å². The predicted molar refractivity (Wildman–Crippen MR) is 58.8 cm³/mol. The van der Waals surface area contributed by atoms with E-state index in [1.807, 2.05) is 6.07 Å². The van der Waals surface area contributed by atoms with E-state index in [2.05, 4.69) is 20.8 Å². The average Bonchev–Trinajstić information content (AvgIpc) is 2.19. The molecule has 1 N–H and O–H groups in total. The summed E-state index contributed by atoms with van der Waals surface area (Å²) in [5.74, 6) is 0.286. The number of hydrogen-bond acceptors (Lipinski definition) is 3. The smallest absolute Gasteiger partial charge is 0.116 e. The zero-order valence-electron chi connectivity index (χ0n) is 7.74. The lowest BCUT2D eigenvalue weighted by molar-refractivity contribution is 0.122. The molecule has 0 aromatic heterocycles. The Morgan fingerprint density at radius 2 is 2.00 bits per heavy atom. The molecule has 1 aliphatic rings. The summed E-state index contributed by atoms with van der Waals surface area (Å²) in [6.45, 7) is 3.35. The van der Waals surface area contributed by atoms with E-state index in [0.29, 0.717) is 0 Å². The molecule has 0 atom stereocenters. The van der Waals surface area contributed by atoms with Crippen LogP contribution in [-0.2, 0) is 4.74 Å². The van der Waals surface area contributed by atoms with Gasteiger partial charge in [-0.25, -0.2) is 0 Å². The Balaban J connectivity index is 2.22. The minimum absolute atomic E-state index is 0.286. The molecule has 1 heterocycles. The van der Waals surface area contributed by atoms with Gasteiger partial charge in [0, 0.05) is 17.6 Å². The fourth-order valence-electron chi connectivity index (χ4n) is 1.56. The van der Waals surface area contributed by atoms with Crippen molar-refractivity contribution in [1.29, 1.82) is 0 Å². The molecule has 1 aliphatic heterocycles. The van der Waals surface area contributed by atoms with Crippen molar-refractivity contribution >= 4 is 21.6 Å². The van der Waals surface area contributed by atoms with E-state index >= 15 is 0 Å². The van der Waals surface area contributed by atoms with Crippen LogP contribution in [-0.4, -0.2) is 31.4 Å². The molecular formula is C10H12BrNO2. The normalized spacial score (nSPS) is 17.1. The Kier molecular flexibility index (Phi) is 2.93. The number of phenolic OH excluding ortho intramolecular Hbond substituents is 1. The van der Waals surface area contributed by atoms with E-state index in [-0.39, 0.29) is 5.75 Å². The second kappa shape index (κ2) is 4.19. The number of hydrogen-bond donors (Lipinski definition) is 1. The molecule has 0 saturated carbocycles. The first-order chi connectivity index (χ1) is 6.77. The highest BCUT2D eigenvalue weighted by molar-refractivity contribution is 9.10. The van der Waals surface area contributed by atoms with Gasteiger partial charge in [0.2, 0.25) is 0 Å². The molecule has 1 aromatic rings. The summed E-state index contributed by atoms with van der Waals surface area (Å²) in [5.41, 5.74) is 1.12. The Bertz CT molecular complexity index is 324. The van der Waals surface area contributed by atoms with Gasteiger partial charge in [0.05, 0.1) is 18.9 Å². The SMILES string of the molecule is Oc1ccc(N2CCOCC2)c(Br)c1. The third-order valence-corrected chi connectivity index (χ3v) is 2.92. The lowest BCUT2D eigenvalue weighted by Crippen LogP contribution is -2.36. The van der Waals surface area contributed by atoms with Crippen molar-refractivity contribution in [3.05, 3.63) is 22.7 Å². The van der Waals surface area contributed by atoms with Crippen molar-refractivity contribution in [3.8, 4) is 5.75 Å². The molecule has 0 amide bonds. The zero-order valence-corrected chi connectivity index (χ0v) is 9.33. The summed E-state index contributed by atoms with van der Waals surface area (Å²) >= 11 is 3.44. The first kappa shape index (κ1) is 9.80. The number of aromatic hydroxyl groups is 1. The molecule has 1 saturated heterocycles. The van der Waals surface area contributed by atoms with E-state index in [9.17, 15) is 5.11 Å². The van der Waals surface area contributed by atoms with Crippen LogP contribution in [0.3, 0.4) is 0 Å². The molecule has 1 aromatic carbocycles. The first-order valence-electron chi connectivity index (χ1n) is 4.58. The van der Waals surface area contributed by atoms with Crippen LogP contribution >= 0.6 is 15.9 Å². The second-order valence-electron chi connectivity index (χ2n) is 3.24. The molecular weight excluding hydrogens is 246 g/mol. The van der Waals surface area contributed by atoms with Gasteiger partial charge in [-0.05, 0) is 34.1 Å². The summed E-state index contributed by atoms with van der Waals surface area (Å²) in [6, 6.07) is 5.34. The van der Waals surface area contributed by atoms with Gasteiger partial charge in [-0.3, -0.25) is 0 Å². The van der Waals surface area contributed by atoms with E-state index in [1.165, 1.54) is 0 Å². The van der Waals surface area contributed by atoms with Gasteiger partial charge in [-0.1, -0.05) is 0 Å². The predicted octanol–water partition coefficient (Wildman–Crippen LogP) is 1.99. The number of benzene rings is 1. The lowest BCUT2D eigenvalue weighted by atomic mass is 10.2. The quantitative estimate of drug-likeness (QED) is 0.836. The molecule has 14 heavy (non-hydrogen) atoms. The van der Waals surface area contributed by atoms with Crippen LogP contribution in [0, 0.1) is 0 Å². The zero-order chi connectivity index (χ0) is 9.97. The number of nitrogens with zero attached hydrogens (tertiary/aromatic N) is 1. The number of ether oxygens (including phenoxy) is 1. The standard InChI is InChI=1S/C10H12BrNO2/c11-9-7-8(13)1-2-10(9)12-3-5-14-6-4-12/h1-2,7,13H,3-6H2.